The maximum absolute atomic E-state index is 6.49. The van der Waals surface area contributed by atoms with Crippen LogP contribution < -0.4 is 0 Å². The van der Waals surface area contributed by atoms with E-state index in [9.17, 15) is 0 Å². The van der Waals surface area contributed by atoms with Crippen molar-refractivity contribution in [2.24, 2.45) is 11.8 Å². The lowest BCUT2D eigenvalue weighted by Crippen LogP contribution is -2.65. The van der Waals surface area contributed by atoms with Crippen LogP contribution in [0.3, 0.4) is 0 Å². The minimum atomic E-state index is -0.0329. The van der Waals surface area contributed by atoms with E-state index >= 15 is 0 Å². The van der Waals surface area contributed by atoms with Crippen molar-refractivity contribution >= 4 is 0 Å². The minimum absolute atomic E-state index is 0.0329. The van der Waals surface area contributed by atoms with Crippen LogP contribution in [-0.2, 0) is 9.47 Å². The number of hydrogen-bond acceptors (Lipinski definition) is 3. The zero-order valence-corrected chi connectivity index (χ0v) is 13.9. The molecule has 21 heavy (non-hydrogen) atoms. The third-order valence-electron chi connectivity index (χ3n) is 5.99. The highest BCUT2D eigenvalue weighted by Crippen LogP contribution is 2.53. The summed E-state index contributed by atoms with van der Waals surface area (Å²) >= 11 is 0. The van der Waals surface area contributed by atoms with Gasteiger partial charge in [0.1, 0.15) is 6.73 Å². The second kappa shape index (κ2) is 4.94. The Balaban J connectivity index is 1.41. The lowest BCUT2D eigenvalue weighted by Gasteiger charge is -2.61. The molecule has 2 atom stereocenters. The molecule has 3 aliphatic carbocycles. The van der Waals surface area contributed by atoms with Gasteiger partial charge in [-0.05, 0) is 77.6 Å². The van der Waals surface area contributed by atoms with Gasteiger partial charge in [-0.3, -0.25) is 4.90 Å². The third kappa shape index (κ3) is 3.02. The third-order valence-corrected chi connectivity index (χ3v) is 5.99. The van der Waals surface area contributed by atoms with Gasteiger partial charge in [-0.2, -0.15) is 0 Å². The van der Waals surface area contributed by atoms with Crippen molar-refractivity contribution in [3.05, 3.63) is 0 Å². The Morgan fingerprint density at radius 1 is 1.05 bits per heavy atom. The van der Waals surface area contributed by atoms with E-state index in [1.54, 1.807) is 0 Å². The minimum Gasteiger partial charge on any atom is -0.375 e. The van der Waals surface area contributed by atoms with Crippen molar-refractivity contribution in [3.8, 4) is 0 Å². The molecule has 0 amide bonds. The molecule has 5 aliphatic rings. The number of piperidine rings is 2. The van der Waals surface area contributed by atoms with Crippen LogP contribution in [0.2, 0.25) is 0 Å². The topological polar surface area (TPSA) is 21.7 Å². The average Bonchev–Trinajstić information content (AvgIpc) is 3.17. The fourth-order valence-corrected chi connectivity index (χ4v) is 4.87. The summed E-state index contributed by atoms with van der Waals surface area (Å²) in [5.41, 5.74) is 0.201. The van der Waals surface area contributed by atoms with Crippen LogP contribution in [-0.4, -0.2) is 41.5 Å². The molecule has 2 unspecified atom stereocenters. The summed E-state index contributed by atoms with van der Waals surface area (Å²) < 4.78 is 12.6. The number of rotatable bonds is 5. The van der Waals surface area contributed by atoms with E-state index in [1.807, 2.05) is 0 Å². The van der Waals surface area contributed by atoms with E-state index in [-0.39, 0.29) is 11.2 Å². The van der Waals surface area contributed by atoms with Gasteiger partial charge in [0.2, 0.25) is 0 Å². The molecule has 0 aromatic rings. The maximum Gasteiger partial charge on any atom is 0.100 e. The summed E-state index contributed by atoms with van der Waals surface area (Å²) in [7, 11) is 0. The Bertz CT molecular complexity index is 383. The molecule has 2 aliphatic heterocycles. The van der Waals surface area contributed by atoms with Gasteiger partial charge >= 0.3 is 0 Å². The molecule has 0 radical (unpaired) electrons. The maximum atomic E-state index is 6.49. The molecular formula is C18H31NO2. The van der Waals surface area contributed by atoms with Crippen LogP contribution in [0, 0.1) is 11.8 Å². The molecule has 3 nitrogen and oxygen atoms in total. The average molecular weight is 293 g/mol. The van der Waals surface area contributed by atoms with Crippen molar-refractivity contribution in [1.29, 1.82) is 0 Å². The Morgan fingerprint density at radius 2 is 1.71 bits per heavy atom. The summed E-state index contributed by atoms with van der Waals surface area (Å²) in [5.74, 6) is 1.80. The summed E-state index contributed by atoms with van der Waals surface area (Å²) in [6.07, 6.45) is 9.38. The zero-order chi connectivity index (χ0) is 14.7. The van der Waals surface area contributed by atoms with Gasteiger partial charge in [-0.15, -0.1) is 0 Å². The van der Waals surface area contributed by atoms with Gasteiger partial charge in [-0.1, -0.05) is 0 Å². The second-order valence-corrected chi connectivity index (χ2v) is 9.09. The van der Waals surface area contributed by atoms with E-state index in [0.717, 1.165) is 25.2 Å². The largest absolute Gasteiger partial charge is 0.375 e. The number of hydrogen-bond donors (Lipinski definition) is 0. The Kier molecular flexibility index (Phi) is 3.40. The first-order valence-corrected chi connectivity index (χ1v) is 8.96. The van der Waals surface area contributed by atoms with Crippen molar-refractivity contribution in [2.75, 3.05) is 13.3 Å². The summed E-state index contributed by atoms with van der Waals surface area (Å²) in [6.45, 7) is 8.31. The summed E-state index contributed by atoms with van der Waals surface area (Å²) in [6, 6.07) is 1.41. The zero-order valence-electron chi connectivity index (χ0n) is 13.9. The predicted molar refractivity (Wildman–Crippen MR) is 83.1 cm³/mol. The van der Waals surface area contributed by atoms with E-state index < -0.39 is 0 Å². The van der Waals surface area contributed by atoms with Crippen LogP contribution in [0.5, 0.6) is 0 Å². The molecule has 2 heterocycles. The molecule has 0 aromatic heterocycles. The van der Waals surface area contributed by atoms with Crippen LogP contribution >= 0.6 is 0 Å². The Labute approximate surface area is 129 Å². The SMILES string of the molecule is CC(C)(C)OCN1C2CC3CC1CC(OCC1CC1)(C3)C2. The van der Waals surface area contributed by atoms with Crippen LogP contribution in [0.15, 0.2) is 0 Å². The monoisotopic (exact) mass is 293 g/mol. The molecule has 3 saturated carbocycles. The first-order chi connectivity index (χ1) is 9.93. The van der Waals surface area contributed by atoms with Gasteiger partial charge in [-0.25, -0.2) is 0 Å². The first kappa shape index (κ1) is 14.5. The standard InChI is InChI=1S/C18H31NO2/c1-17(2,3)21-12-19-15-6-14-7-16(19)10-18(8-14,9-15)20-11-13-4-5-13/h13-16H,4-12H2,1-3H3. The van der Waals surface area contributed by atoms with Crippen LogP contribution in [0.1, 0.15) is 65.7 Å². The first-order valence-electron chi connectivity index (χ1n) is 8.96. The molecule has 120 valence electrons. The lowest BCUT2D eigenvalue weighted by atomic mass is 9.61. The second-order valence-electron chi connectivity index (χ2n) is 9.09. The molecule has 3 heteroatoms. The van der Waals surface area contributed by atoms with Crippen molar-refractivity contribution in [2.45, 2.75) is 89.0 Å². The fourth-order valence-electron chi connectivity index (χ4n) is 4.87. The van der Waals surface area contributed by atoms with E-state index in [0.29, 0.717) is 12.1 Å². The molecule has 0 aromatic carbocycles. The molecule has 4 bridgehead atoms. The fraction of sp³-hybridized carbons (Fsp3) is 1.00. The van der Waals surface area contributed by atoms with Gasteiger partial charge in [0.15, 0.2) is 0 Å². The number of nitrogens with zero attached hydrogens (tertiary/aromatic N) is 1. The predicted octanol–water partition coefficient (Wildman–Crippen LogP) is 3.57. The molecule has 5 rings (SSSR count). The van der Waals surface area contributed by atoms with Gasteiger partial charge in [0.25, 0.3) is 0 Å². The van der Waals surface area contributed by atoms with Gasteiger partial charge in [0.05, 0.1) is 17.8 Å². The van der Waals surface area contributed by atoms with Crippen LogP contribution in [0.4, 0.5) is 0 Å². The molecule has 0 N–H and O–H groups in total. The molecule has 0 spiro atoms. The highest BCUT2D eigenvalue weighted by atomic mass is 16.5. The van der Waals surface area contributed by atoms with Gasteiger partial charge in [0, 0.05) is 12.1 Å². The highest BCUT2D eigenvalue weighted by molar-refractivity contribution is 5.08. The van der Waals surface area contributed by atoms with Crippen molar-refractivity contribution in [1.82, 2.24) is 4.90 Å². The normalized spacial score (nSPS) is 42.7. The molecule has 5 fully saturated rings. The molecule has 2 saturated heterocycles. The highest BCUT2D eigenvalue weighted by Gasteiger charge is 2.55. The molecular weight excluding hydrogens is 262 g/mol. The Morgan fingerprint density at radius 3 is 2.29 bits per heavy atom. The van der Waals surface area contributed by atoms with E-state index in [4.69, 9.17) is 9.47 Å². The summed E-state index contributed by atoms with van der Waals surface area (Å²) in [4.78, 5) is 2.65. The Hall–Kier alpha value is -0.120. The van der Waals surface area contributed by atoms with Crippen LogP contribution in [0.25, 0.3) is 0 Å². The smallest absolute Gasteiger partial charge is 0.100 e. The van der Waals surface area contributed by atoms with Crippen molar-refractivity contribution in [3.63, 3.8) is 0 Å². The summed E-state index contributed by atoms with van der Waals surface area (Å²) in [5, 5.41) is 0. The lowest BCUT2D eigenvalue weighted by molar-refractivity contribution is -0.212. The van der Waals surface area contributed by atoms with E-state index in [2.05, 4.69) is 25.7 Å². The van der Waals surface area contributed by atoms with Crippen molar-refractivity contribution < 1.29 is 9.47 Å². The quantitative estimate of drug-likeness (QED) is 0.773. The van der Waals surface area contributed by atoms with Gasteiger partial charge < -0.3 is 9.47 Å². The number of ether oxygens (including phenoxy) is 2. The van der Waals surface area contributed by atoms with E-state index in [1.165, 1.54) is 44.9 Å².